The smallest absolute Gasteiger partial charge is 0.150 e. The van der Waals surface area contributed by atoms with Gasteiger partial charge in [0.2, 0.25) is 0 Å². The minimum Gasteiger partial charge on any atom is -0.490 e. The molecular weight excluding hydrogens is 212 g/mol. The van der Waals surface area contributed by atoms with E-state index >= 15 is 0 Å². The summed E-state index contributed by atoms with van der Waals surface area (Å²) in [4.78, 5) is 10.5. The fraction of sp³-hybridized carbons (Fsp3) is 0.533. The summed E-state index contributed by atoms with van der Waals surface area (Å²) >= 11 is 0. The Labute approximate surface area is 104 Å². The van der Waals surface area contributed by atoms with Crippen molar-refractivity contribution in [2.45, 2.75) is 52.1 Å². The van der Waals surface area contributed by atoms with Crippen LogP contribution in [0.2, 0.25) is 0 Å². The van der Waals surface area contributed by atoms with E-state index in [4.69, 9.17) is 4.74 Å². The highest BCUT2D eigenvalue weighted by Gasteiger charge is 2.07. The van der Waals surface area contributed by atoms with Crippen LogP contribution >= 0.6 is 0 Å². The van der Waals surface area contributed by atoms with E-state index in [1.165, 1.54) is 19.3 Å². The minimum absolute atomic E-state index is 0.295. The molecule has 0 N–H and O–H groups in total. The monoisotopic (exact) mass is 234 g/mol. The van der Waals surface area contributed by atoms with Gasteiger partial charge in [-0.15, -0.1) is 0 Å². The maximum absolute atomic E-state index is 10.5. The summed E-state index contributed by atoms with van der Waals surface area (Å²) in [5.41, 5.74) is 0.691. The predicted octanol–water partition coefficient (Wildman–Crippen LogP) is 4.24. The third kappa shape index (κ3) is 5.03. The predicted molar refractivity (Wildman–Crippen MR) is 70.7 cm³/mol. The number of unbranched alkanes of at least 4 members (excludes halogenated alkanes) is 2. The van der Waals surface area contributed by atoms with Crippen LogP contribution in [0.1, 0.15) is 56.3 Å². The van der Waals surface area contributed by atoms with E-state index in [2.05, 4.69) is 13.8 Å². The third-order valence-electron chi connectivity index (χ3n) is 2.90. The van der Waals surface area contributed by atoms with Crippen molar-refractivity contribution in [1.82, 2.24) is 0 Å². The quantitative estimate of drug-likeness (QED) is 0.497. The van der Waals surface area contributed by atoms with Crippen LogP contribution in [0.4, 0.5) is 0 Å². The molecule has 0 bridgehead atoms. The Hall–Kier alpha value is -1.31. The largest absolute Gasteiger partial charge is 0.490 e. The number of carbonyl (C=O) groups is 1. The van der Waals surface area contributed by atoms with Gasteiger partial charge in [-0.25, -0.2) is 0 Å². The lowest BCUT2D eigenvalue weighted by Crippen LogP contribution is -2.15. The van der Waals surface area contributed by atoms with Gasteiger partial charge >= 0.3 is 0 Å². The molecule has 94 valence electrons. The van der Waals surface area contributed by atoms with E-state index < -0.39 is 0 Å². The van der Waals surface area contributed by atoms with E-state index in [1.54, 1.807) is 12.1 Å². The van der Waals surface area contributed by atoms with Crippen molar-refractivity contribution in [3.05, 3.63) is 29.8 Å². The SMILES string of the molecule is CCCCCC(CC)Oc1ccc(C=O)cc1. The molecule has 0 saturated carbocycles. The van der Waals surface area contributed by atoms with Crippen LogP contribution < -0.4 is 4.74 Å². The second kappa shape index (κ2) is 7.88. The minimum atomic E-state index is 0.295. The van der Waals surface area contributed by atoms with Gasteiger partial charge in [-0.05, 0) is 43.5 Å². The molecule has 1 aromatic rings. The van der Waals surface area contributed by atoms with Gasteiger partial charge in [0.05, 0.1) is 6.10 Å². The van der Waals surface area contributed by atoms with Crippen molar-refractivity contribution >= 4 is 6.29 Å². The summed E-state index contributed by atoms with van der Waals surface area (Å²) in [6.45, 7) is 4.36. The zero-order valence-electron chi connectivity index (χ0n) is 10.8. The number of ether oxygens (including phenoxy) is 1. The van der Waals surface area contributed by atoms with Crippen molar-refractivity contribution in [2.75, 3.05) is 0 Å². The Morgan fingerprint density at radius 2 is 1.88 bits per heavy atom. The summed E-state index contributed by atoms with van der Waals surface area (Å²) in [6.07, 6.45) is 7.01. The van der Waals surface area contributed by atoms with Crippen LogP contribution in [0.15, 0.2) is 24.3 Å². The van der Waals surface area contributed by atoms with Crippen molar-refractivity contribution in [2.24, 2.45) is 0 Å². The molecule has 2 nitrogen and oxygen atoms in total. The molecule has 1 unspecified atom stereocenters. The average Bonchev–Trinajstić information content (AvgIpc) is 2.38. The zero-order chi connectivity index (χ0) is 12.5. The second-order valence-electron chi connectivity index (χ2n) is 4.33. The van der Waals surface area contributed by atoms with Crippen LogP contribution in [0, 0.1) is 0 Å². The molecule has 0 spiro atoms. The molecule has 0 fully saturated rings. The van der Waals surface area contributed by atoms with Gasteiger partial charge in [0.1, 0.15) is 12.0 Å². The van der Waals surface area contributed by atoms with Gasteiger partial charge in [-0.1, -0.05) is 26.7 Å². The Morgan fingerprint density at radius 1 is 1.18 bits per heavy atom. The number of hydrogen-bond acceptors (Lipinski definition) is 2. The molecule has 2 heteroatoms. The molecule has 0 aliphatic carbocycles. The van der Waals surface area contributed by atoms with Crippen LogP contribution in [0.5, 0.6) is 5.75 Å². The highest BCUT2D eigenvalue weighted by Crippen LogP contribution is 2.17. The first-order chi connectivity index (χ1) is 8.30. The maximum atomic E-state index is 10.5. The highest BCUT2D eigenvalue weighted by molar-refractivity contribution is 5.74. The lowest BCUT2D eigenvalue weighted by molar-refractivity contribution is 0.112. The fourth-order valence-electron chi connectivity index (χ4n) is 1.79. The average molecular weight is 234 g/mol. The van der Waals surface area contributed by atoms with Crippen molar-refractivity contribution in [3.8, 4) is 5.75 Å². The Balaban J connectivity index is 2.45. The lowest BCUT2D eigenvalue weighted by Gasteiger charge is -2.17. The normalized spacial score (nSPS) is 12.1. The Bertz CT molecular complexity index is 316. The molecule has 0 radical (unpaired) electrons. The third-order valence-corrected chi connectivity index (χ3v) is 2.90. The van der Waals surface area contributed by atoms with Crippen molar-refractivity contribution in [1.29, 1.82) is 0 Å². The first-order valence-corrected chi connectivity index (χ1v) is 6.52. The van der Waals surface area contributed by atoms with E-state index in [0.717, 1.165) is 24.9 Å². The number of hydrogen-bond donors (Lipinski definition) is 0. The summed E-state index contributed by atoms with van der Waals surface area (Å²) in [5.74, 6) is 0.860. The van der Waals surface area contributed by atoms with Gasteiger partial charge < -0.3 is 4.74 Å². The van der Waals surface area contributed by atoms with Crippen LogP contribution in [0.25, 0.3) is 0 Å². The van der Waals surface area contributed by atoms with Crippen LogP contribution in [0.3, 0.4) is 0 Å². The molecule has 0 aliphatic rings. The molecule has 0 aliphatic heterocycles. The molecule has 1 aromatic carbocycles. The van der Waals surface area contributed by atoms with Crippen molar-refractivity contribution < 1.29 is 9.53 Å². The first-order valence-electron chi connectivity index (χ1n) is 6.52. The summed E-state index contributed by atoms with van der Waals surface area (Å²) in [6, 6.07) is 7.32. The second-order valence-corrected chi connectivity index (χ2v) is 4.33. The standard InChI is InChI=1S/C15H22O2/c1-3-5-6-7-14(4-2)17-15-10-8-13(12-16)9-11-15/h8-12,14H,3-7H2,1-2H3. The summed E-state index contributed by atoms with van der Waals surface area (Å²) < 4.78 is 5.89. The van der Waals surface area contributed by atoms with Gasteiger partial charge in [-0.3, -0.25) is 4.79 Å². The van der Waals surface area contributed by atoms with Gasteiger partial charge in [0, 0.05) is 5.56 Å². The molecule has 0 heterocycles. The number of benzene rings is 1. The molecule has 17 heavy (non-hydrogen) atoms. The number of rotatable bonds is 8. The first kappa shape index (κ1) is 13.8. The molecule has 1 rings (SSSR count). The molecule has 0 amide bonds. The fourth-order valence-corrected chi connectivity index (χ4v) is 1.79. The summed E-state index contributed by atoms with van der Waals surface area (Å²) in [7, 11) is 0. The zero-order valence-corrected chi connectivity index (χ0v) is 10.8. The van der Waals surface area contributed by atoms with E-state index in [9.17, 15) is 4.79 Å². The Kier molecular flexibility index (Phi) is 6.38. The number of aldehydes is 1. The molecule has 0 aromatic heterocycles. The number of carbonyl (C=O) groups excluding carboxylic acids is 1. The van der Waals surface area contributed by atoms with E-state index in [-0.39, 0.29) is 0 Å². The topological polar surface area (TPSA) is 26.3 Å². The van der Waals surface area contributed by atoms with Crippen molar-refractivity contribution in [3.63, 3.8) is 0 Å². The van der Waals surface area contributed by atoms with Gasteiger partial charge in [0.15, 0.2) is 0 Å². The van der Waals surface area contributed by atoms with E-state index in [1.807, 2.05) is 12.1 Å². The summed E-state index contributed by atoms with van der Waals surface area (Å²) in [5, 5.41) is 0. The highest BCUT2D eigenvalue weighted by atomic mass is 16.5. The Morgan fingerprint density at radius 3 is 2.41 bits per heavy atom. The van der Waals surface area contributed by atoms with Gasteiger partial charge in [0.25, 0.3) is 0 Å². The molecular formula is C15H22O2. The lowest BCUT2D eigenvalue weighted by atomic mass is 10.1. The molecule has 1 atom stereocenters. The van der Waals surface area contributed by atoms with Crippen LogP contribution in [-0.4, -0.2) is 12.4 Å². The maximum Gasteiger partial charge on any atom is 0.150 e. The molecule has 0 saturated heterocycles. The van der Waals surface area contributed by atoms with Crippen LogP contribution in [-0.2, 0) is 0 Å². The van der Waals surface area contributed by atoms with E-state index in [0.29, 0.717) is 11.7 Å². The van der Waals surface area contributed by atoms with Gasteiger partial charge in [-0.2, -0.15) is 0 Å².